The van der Waals surface area contributed by atoms with Gasteiger partial charge in [-0.15, -0.1) is 0 Å². The first-order valence-corrected chi connectivity index (χ1v) is 13.2. The molecule has 5 aromatic rings. The van der Waals surface area contributed by atoms with Crippen LogP contribution in [-0.2, 0) is 22.2 Å². The number of rotatable bonds is 8. The van der Waals surface area contributed by atoms with Gasteiger partial charge in [0.1, 0.15) is 34.8 Å². The molecule has 9 nitrogen and oxygen atoms in total. The van der Waals surface area contributed by atoms with Crippen molar-refractivity contribution in [3.63, 3.8) is 0 Å². The van der Waals surface area contributed by atoms with Crippen LogP contribution in [0.4, 0.5) is 14.5 Å². The number of nitrogens with zero attached hydrogens (tertiary/aromatic N) is 5. The molecule has 2 heterocycles. The second-order valence-electron chi connectivity index (χ2n) is 8.72. The Kier molecular flexibility index (Phi) is 6.63. The third-order valence-electron chi connectivity index (χ3n) is 6.30. The van der Waals surface area contributed by atoms with Crippen LogP contribution < -0.4 is 4.72 Å². The first-order chi connectivity index (χ1) is 18.1. The maximum absolute atomic E-state index is 14.9. The summed E-state index contributed by atoms with van der Waals surface area (Å²) in [5, 5.41) is 20.9. The molecule has 0 spiro atoms. The molecule has 0 aliphatic carbocycles. The zero-order chi connectivity index (χ0) is 27.1. The predicted octanol–water partition coefficient (Wildman–Crippen LogP) is 4.51. The molecule has 0 aliphatic heterocycles. The minimum Gasteiger partial charge on any atom is -0.381 e. The highest BCUT2D eigenvalue weighted by Gasteiger charge is 2.41. The smallest absolute Gasteiger partial charge is 0.263 e. The highest BCUT2D eigenvalue weighted by Crippen LogP contribution is 2.38. The van der Waals surface area contributed by atoms with Crippen molar-refractivity contribution in [3.8, 4) is 0 Å². The zero-order valence-electron chi connectivity index (χ0n) is 19.8. The largest absolute Gasteiger partial charge is 0.381 e. The lowest BCUT2D eigenvalue weighted by molar-refractivity contribution is -0.0354. The number of fused-ring (bicyclic) bond motifs is 1. The summed E-state index contributed by atoms with van der Waals surface area (Å²) in [4.78, 5) is 3.81. The van der Waals surface area contributed by atoms with E-state index in [0.717, 1.165) is 6.07 Å². The van der Waals surface area contributed by atoms with E-state index < -0.39 is 33.3 Å². The molecule has 196 valence electrons. The van der Waals surface area contributed by atoms with Gasteiger partial charge in [0.25, 0.3) is 10.0 Å². The molecule has 0 aliphatic rings. The Hall–Kier alpha value is -3.87. The number of hydrogen-bond acceptors (Lipinski definition) is 6. The van der Waals surface area contributed by atoms with Gasteiger partial charge in [0.05, 0.1) is 29.3 Å². The van der Waals surface area contributed by atoms with Crippen molar-refractivity contribution in [2.24, 2.45) is 0 Å². The van der Waals surface area contributed by atoms with E-state index in [1.54, 1.807) is 31.2 Å². The van der Waals surface area contributed by atoms with E-state index in [0.29, 0.717) is 17.0 Å². The highest BCUT2D eigenvalue weighted by atomic mass is 35.5. The van der Waals surface area contributed by atoms with Crippen LogP contribution in [0.15, 0.2) is 84.4 Å². The molecule has 2 aromatic heterocycles. The minimum absolute atomic E-state index is 0.0643. The van der Waals surface area contributed by atoms with Gasteiger partial charge in [-0.25, -0.2) is 26.9 Å². The van der Waals surface area contributed by atoms with Gasteiger partial charge in [0.2, 0.25) is 0 Å². The Bertz CT molecular complexity index is 1730. The number of halogens is 3. The molecule has 0 saturated heterocycles. The third-order valence-corrected chi connectivity index (χ3v) is 8.18. The molecule has 38 heavy (non-hydrogen) atoms. The van der Waals surface area contributed by atoms with Crippen molar-refractivity contribution in [1.82, 2.24) is 24.5 Å². The van der Waals surface area contributed by atoms with Gasteiger partial charge < -0.3 is 5.11 Å². The van der Waals surface area contributed by atoms with E-state index >= 15 is 0 Å². The average Bonchev–Trinajstić information content (AvgIpc) is 3.53. The lowest BCUT2D eigenvalue weighted by Gasteiger charge is -2.35. The molecular formula is C25H21ClF2N6O3S. The molecule has 0 saturated carbocycles. The van der Waals surface area contributed by atoms with Crippen molar-refractivity contribution in [1.29, 1.82) is 0 Å². The molecule has 3 aromatic carbocycles. The fourth-order valence-electron chi connectivity index (χ4n) is 4.34. The number of nitrogens with one attached hydrogen (secondary N) is 1. The molecule has 0 fully saturated rings. The molecule has 0 radical (unpaired) electrons. The van der Waals surface area contributed by atoms with Gasteiger partial charge in [-0.2, -0.15) is 10.2 Å². The fourth-order valence-corrected chi connectivity index (χ4v) is 5.91. The van der Waals surface area contributed by atoms with Crippen LogP contribution in [0.2, 0.25) is 5.02 Å². The van der Waals surface area contributed by atoms with Crippen molar-refractivity contribution in [2.75, 3.05) is 4.72 Å². The van der Waals surface area contributed by atoms with Crippen molar-refractivity contribution in [2.45, 2.75) is 30.0 Å². The van der Waals surface area contributed by atoms with Gasteiger partial charge in [-0.3, -0.25) is 9.40 Å². The Labute approximate surface area is 221 Å². The number of sulfonamides is 1. The van der Waals surface area contributed by atoms with E-state index in [2.05, 4.69) is 19.9 Å². The van der Waals surface area contributed by atoms with E-state index in [1.807, 2.05) is 0 Å². The molecule has 13 heteroatoms. The van der Waals surface area contributed by atoms with Crippen LogP contribution in [0.25, 0.3) is 10.9 Å². The summed E-state index contributed by atoms with van der Waals surface area (Å²) in [6.45, 7) is 1.44. The lowest BCUT2D eigenvalue weighted by atomic mass is 9.86. The molecule has 0 amide bonds. The maximum atomic E-state index is 14.9. The van der Waals surface area contributed by atoms with Crippen LogP contribution in [0, 0.1) is 11.6 Å². The van der Waals surface area contributed by atoms with Gasteiger partial charge in [0.15, 0.2) is 0 Å². The Morgan fingerprint density at radius 1 is 1.11 bits per heavy atom. The lowest BCUT2D eigenvalue weighted by Crippen LogP contribution is -2.41. The van der Waals surface area contributed by atoms with Crippen molar-refractivity contribution < 1.29 is 22.3 Å². The molecule has 2 N–H and O–H groups in total. The first kappa shape index (κ1) is 25.8. The maximum Gasteiger partial charge on any atom is 0.263 e. The van der Waals surface area contributed by atoms with Gasteiger partial charge >= 0.3 is 0 Å². The van der Waals surface area contributed by atoms with Crippen LogP contribution in [-0.4, -0.2) is 38.1 Å². The van der Waals surface area contributed by atoms with E-state index in [4.69, 9.17) is 11.6 Å². The minimum atomic E-state index is -3.96. The number of aliphatic hydroxyl groups is 1. The number of hydrogen-bond donors (Lipinski definition) is 2. The number of anilines is 1. The zero-order valence-corrected chi connectivity index (χ0v) is 21.4. The second-order valence-corrected chi connectivity index (χ2v) is 10.8. The second kappa shape index (κ2) is 9.78. The molecule has 2 atom stereocenters. The van der Waals surface area contributed by atoms with E-state index in [-0.39, 0.29) is 27.7 Å². The molecule has 0 bridgehead atoms. The number of aromatic nitrogens is 5. The Morgan fingerprint density at radius 3 is 2.61 bits per heavy atom. The number of benzene rings is 3. The Morgan fingerprint density at radius 2 is 1.89 bits per heavy atom. The van der Waals surface area contributed by atoms with Gasteiger partial charge in [-0.1, -0.05) is 29.8 Å². The fraction of sp³-hybridized carbons (Fsp3) is 0.160. The Balaban J connectivity index is 1.52. The third kappa shape index (κ3) is 4.73. The quantitative estimate of drug-likeness (QED) is 0.290. The standard InChI is InChI=1S/C25H21ClF2N6O3S/c1-16(25(35,13-33-15-29-14-31-33)20-8-6-18(27)11-22(20)28)34-23-9-7-19(10-17(23)12-30-34)32-38(36,37)24-5-3-2-4-21(24)26/h2-12,14-16,32,35H,13H2,1H3/t16-,25-/m1/s1. The van der Waals surface area contributed by atoms with E-state index in [1.165, 1.54) is 52.5 Å². The van der Waals surface area contributed by atoms with Crippen molar-refractivity contribution in [3.05, 3.63) is 102 Å². The summed E-state index contributed by atoms with van der Waals surface area (Å²) in [7, 11) is -3.96. The van der Waals surface area contributed by atoms with Crippen LogP contribution >= 0.6 is 11.6 Å². The average molecular weight is 559 g/mol. The summed E-state index contributed by atoms with van der Waals surface area (Å²) in [5.74, 6) is -1.70. The predicted molar refractivity (Wildman–Crippen MR) is 137 cm³/mol. The topological polar surface area (TPSA) is 115 Å². The van der Waals surface area contributed by atoms with Gasteiger partial charge in [0, 0.05) is 22.7 Å². The van der Waals surface area contributed by atoms with Gasteiger partial charge in [-0.05, 0) is 43.3 Å². The summed E-state index contributed by atoms with van der Waals surface area (Å²) in [6.07, 6.45) is 4.15. The SMILES string of the molecule is C[C@@H](n1ncc2cc(NS(=O)(=O)c3ccccc3Cl)ccc21)[C@](O)(Cn1cncn1)c1ccc(F)cc1F. The molecule has 0 unspecified atom stereocenters. The van der Waals surface area contributed by atoms with Crippen molar-refractivity contribution >= 4 is 38.2 Å². The van der Waals surface area contributed by atoms with Crippen LogP contribution in [0.3, 0.4) is 0 Å². The monoisotopic (exact) mass is 558 g/mol. The summed E-state index contributed by atoms with van der Waals surface area (Å²) >= 11 is 6.06. The van der Waals surface area contributed by atoms with E-state index in [9.17, 15) is 22.3 Å². The normalized spacial score (nSPS) is 14.3. The summed E-state index contributed by atoms with van der Waals surface area (Å²) < 4.78 is 59.6. The summed E-state index contributed by atoms with van der Waals surface area (Å²) in [6, 6.07) is 12.9. The molecular weight excluding hydrogens is 538 g/mol. The highest BCUT2D eigenvalue weighted by molar-refractivity contribution is 7.92. The van der Waals surface area contributed by atoms with Crippen LogP contribution in [0.5, 0.6) is 0 Å². The first-order valence-electron chi connectivity index (χ1n) is 11.3. The summed E-state index contributed by atoms with van der Waals surface area (Å²) in [5.41, 5.74) is -1.26. The molecule has 5 rings (SSSR count). The van der Waals surface area contributed by atoms with Crippen LogP contribution in [0.1, 0.15) is 18.5 Å².